The van der Waals surface area contributed by atoms with Gasteiger partial charge in [-0.2, -0.15) is 0 Å². The van der Waals surface area contributed by atoms with Crippen LogP contribution in [0.5, 0.6) is 0 Å². The van der Waals surface area contributed by atoms with Crippen molar-refractivity contribution in [3.63, 3.8) is 0 Å². The smallest absolute Gasteiger partial charge is 0.328 e. The Kier molecular flexibility index (Phi) is 15.5. The van der Waals surface area contributed by atoms with Crippen LogP contribution >= 0.6 is 0 Å². The van der Waals surface area contributed by atoms with E-state index in [9.17, 15) is 15.0 Å². The van der Waals surface area contributed by atoms with Gasteiger partial charge in [-0.3, -0.25) is 0 Å². The largest absolute Gasteiger partial charge is 0.478 e. The third-order valence-electron chi connectivity index (χ3n) is 3.91. The Morgan fingerprint density at radius 2 is 1.42 bits per heavy atom. The molecule has 0 heterocycles. The molecule has 0 aromatic heterocycles. The number of unbranched alkanes of at least 4 members (excludes halogenated alkanes) is 4. The Balaban J connectivity index is 3.45. The van der Waals surface area contributed by atoms with E-state index in [1.807, 2.05) is 19.1 Å². The fraction of sp³-hybridized carbons (Fsp3) is 0.650. The third-order valence-corrected chi connectivity index (χ3v) is 3.91. The van der Waals surface area contributed by atoms with Crippen molar-refractivity contribution in [2.45, 2.75) is 83.3 Å². The molecule has 4 nitrogen and oxygen atoms in total. The molecule has 0 aliphatic carbocycles. The lowest BCUT2D eigenvalue weighted by Crippen LogP contribution is -2.07. The molecule has 4 heteroatoms. The van der Waals surface area contributed by atoms with Gasteiger partial charge in [0.25, 0.3) is 0 Å². The van der Waals surface area contributed by atoms with Gasteiger partial charge in [0, 0.05) is 6.08 Å². The highest BCUT2D eigenvalue weighted by Crippen LogP contribution is 2.13. The van der Waals surface area contributed by atoms with Crippen molar-refractivity contribution >= 4 is 5.97 Å². The van der Waals surface area contributed by atoms with Gasteiger partial charge in [0.2, 0.25) is 0 Å². The molecule has 0 saturated heterocycles. The van der Waals surface area contributed by atoms with Crippen molar-refractivity contribution in [3.05, 3.63) is 36.5 Å². The van der Waals surface area contributed by atoms with Crippen LogP contribution in [0.25, 0.3) is 0 Å². The van der Waals surface area contributed by atoms with Crippen LogP contribution in [0, 0.1) is 0 Å². The highest BCUT2D eigenvalue weighted by atomic mass is 16.4. The number of carboxylic acid groups (broad SMARTS) is 1. The first kappa shape index (κ1) is 22.6. The second kappa shape index (κ2) is 16.5. The van der Waals surface area contributed by atoms with E-state index in [4.69, 9.17) is 5.11 Å². The quantitative estimate of drug-likeness (QED) is 0.235. The van der Waals surface area contributed by atoms with Crippen LogP contribution in [0.4, 0.5) is 0 Å². The summed E-state index contributed by atoms with van der Waals surface area (Å²) in [5, 5.41) is 27.8. The second-order valence-corrected chi connectivity index (χ2v) is 6.15. The van der Waals surface area contributed by atoms with E-state index in [2.05, 4.69) is 6.08 Å². The van der Waals surface area contributed by atoms with Gasteiger partial charge in [0.15, 0.2) is 0 Å². The second-order valence-electron chi connectivity index (χ2n) is 6.15. The van der Waals surface area contributed by atoms with Crippen LogP contribution in [0.3, 0.4) is 0 Å². The third kappa shape index (κ3) is 17.0. The molecular weight excluding hydrogens is 304 g/mol. The molecule has 0 bridgehead atoms. The van der Waals surface area contributed by atoms with Crippen LogP contribution in [0.2, 0.25) is 0 Å². The maximum Gasteiger partial charge on any atom is 0.328 e. The van der Waals surface area contributed by atoms with E-state index < -0.39 is 5.97 Å². The van der Waals surface area contributed by atoms with Gasteiger partial charge in [-0.1, -0.05) is 63.0 Å². The summed E-state index contributed by atoms with van der Waals surface area (Å²) >= 11 is 0. The Morgan fingerprint density at radius 1 is 0.833 bits per heavy atom. The van der Waals surface area contributed by atoms with Crippen LogP contribution in [-0.4, -0.2) is 33.5 Å². The summed E-state index contributed by atoms with van der Waals surface area (Å²) in [6.07, 6.45) is 19.3. The lowest BCUT2D eigenvalue weighted by molar-refractivity contribution is -0.131. The zero-order valence-electron chi connectivity index (χ0n) is 14.9. The molecule has 138 valence electrons. The maximum absolute atomic E-state index is 10.2. The van der Waals surface area contributed by atoms with Crippen LogP contribution < -0.4 is 0 Å². The van der Waals surface area contributed by atoms with E-state index in [1.165, 1.54) is 6.08 Å². The van der Waals surface area contributed by atoms with Gasteiger partial charge in [-0.15, -0.1) is 0 Å². The van der Waals surface area contributed by atoms with Gasteiger partial charge in [-0.05, 0) is 38.5 Å². The average molecular weight is 338 g/mol. The van der Waals surface area contributed by atoms with Crippen LogP contribution in [0.15, 0.2) is 36.5 Å². The SMILES string of the molecule is CCC(O)CCCCCC(O)CCCCC=CC=CC=CC(=O)O. The minimum atomic E-state index is -0.944. The van der Waals surface area contributed by atoms with Crippen molar-refractivity contribution < 1.29 is 20.1 Å². The van der Waals surface area contributed by atoms with Crippen LogP contribution in [-0.2, 0) is 4.79 Å². The monoisotopic (exact) mass is 338 g/mol. The van der Waals surface area contributed by atoms with Crippen molar-refractivity contribution in [3.8, 4) is 0 Å². The van der Waals surface area contributed by atoms with Gasteiger partial charge in [0.05, 0.1) is 12.2 Å². The summed E-state index contributed by atoms with van der Waals surface area (Å²) in [5.74, 6) is -0.944. The van der Waals surface area contributed by atoms with Gasteiger partial charge < -0.3 is 15.3 Å². The average Bonchev–Trinajstić information content (AvgIpc) is 2.55. The Hall–Kier alpha value is -1.39. The lowest BCUT2D eigenvalue weighted by Gasteiger charge is -2.10. The maximum atomic E-state index is 10.2. The zero-order valence-corrected chi connectivity index (χ0v) is 14.9. The minimum absolute atomic E-state index is 0.161. The Bertz CT molecular complexity index is 385. The van der Waals surface area contributed by atoms with E-state index >= 15 is 0 Å². The number of carboxylic acids is 1. The number of aliphatic carboxylic acids is 1. The van der Waals surface area contributed by atoms with Crippen molar-refractivity contribution in [1.82, 2.24) is 0 Å². The molecule has 0 saturated carbocycles. The molecule has 0 amide bonds. The molecule has 24 heavy (non-hydrogen) atoms. The molecule has 0 aliphatic heterocycles. The predicted octanol–water partition coefficient (Wildman–Crippen LogP) is 4.38. The van der Waals surface area contributed by atoms with Crippen molar-refractivity contribution in [2.75, 3.05) is 0 Å². The molecule has 0 aliphatic rings. The molecule has 2 unspecified atom stereocenters. The Morgan fingerprint density at radius 3 is 2.04 bits per heavy atom. The summed E-state index contributed by atoms with van der Waals surface area (Å²) in [4.78, 5) is 10.2. The van der Waals surface area contributed by atoms with E-state index in [0.717, 1.165) is 70.3 Å². The molecule has 0 aromatic rings. The first-order chi connectivity index (χ1) is 11.6. The number of aliphatic hydroxyl groups excluding tert-OH is 2. The molecule has 0 spiro atoms. The Labute approximate surface area is 146 Å². The van der Waals surface area contributed by atoms with E-state index in [0.29, 0.717) is 0 Å². The summed E-state index contributed by atoms with van der Waals surface area (Å²) in [5.41, 5.74) is 0. The summed E-state index contributed by atoms with van der Waals surface area (Å²) in [6.45, 7) is 2.00. The lowest BCUT2D eigenvalue weighted by atomic mass is 10.0. The standard InChI is InChI=1S/C20H34O4/c1-2-18(21)14-11-9-12-16-19(22)15-10-7-5-3-4-6-8-13-17-20(23)24/h3-4,6,8,13,17-19,21-22H,2,5,7,9-12,14-16H2,1H3,(H,23,24). The van der Waals surface area contributed by atoms with E-state index in [-0.39, 0.29) is 12.2 Å². The van der Waals surface area contributed by atoms with Crippen molar-refractivity contribution in [2.24, 2.45) is 0 Å². The van der Waals surface area contributed by atoms with Crippen LogP contribution in [0.1, 0.15) is 71.1 Å². The van der Waals surface area contributed by atoms with E-state index in [1.54, 1.807) is 6.08 Å². The minimum Gasteiger partial charge on any atom is -0.478 e. The molecular formula is C20H34O4. The topological polar surface area (TPSA) is 77.8 Å². The first-order valence-corrected chi connectivity index (χ1v) is 9.15. The summed E-state index contributed by atoms with van der Waals surface area (Å²) in [6, 6.07) is 0. The number of hydrogen-bond donors (Lipinski definition) is 3. The summed E-state index contributed by atoms with van der Waals surface area (Å²) < 4.78 is 0. The highest BCUT2D eigenvalue weighted by molar-refractivity contribution is 5.80. The fourth-order valence-corrected chi connectivity index (χ4v) is 2.37. The molecule has 0 rings (SSSR count). The molecule has 0 aromatic carbocycles. The molecule has 2 atom stereocenters. The molecule has 3 N–H and O–H groups in total. The fourth-order valence-electron chi connectivity index (χ4n) is 2.37. The van der Waals surface area contributed by atoms with Crippen molar-refractivity contribution in [1.29, 1.82) is 0 Å². The number of carbonyl (C=O) groups is 1. The van der Waals surface area contributed by atoms with Gasteiger partial charge >= 0.3 is 5.97 Å². The number of hydrogen-bond acceptors (Lipinski definition) is 3. The first-order valence-electron chi connectivity index (χ1n) is 9.15. The number of rotatable bonds is 15. The molecule has 0 radical (unpaired) electrons. The van der Waals surface area contributed by atoms with Gasteiger partial charge in [0.1, 0.15) is 0 Å². The molecule has 0 fully saturated rings. The summed E-state index contributed by atoms with van der Waals surface area (Å²) in [7, 11) is 0. The highest BCUT2D eigenvalue weighted by Gasteiger charge is 2.04. The predicted molar refractivity (Wildman–Crippen MR) is 98.9 cm³/mol. The number of aliphatic hydroxyl groups is 2. The zero-order chi connectivity index (χ0) is 18.0. The van der Waals surface area contributed by atoms with Gasteiger partial charge in [-0.25, -0.2) is 4.79 Å². The normalized spacial score (nSPS) is 14.8. The number of allylic oxidation sites excluding steroid dienone is 5.